The summed E-state index contributed by atoms with van der Waals surface area (Å²) in [6.07, 6.45) is 2.64. The van der Waals surface area contributed by atoms with Crippen molar-refractivity contribution < 1.29 is 19.5 Å². The van der Waals surface area contributed by atoms with Crippen molar-refractivity contribution in [2.45, 2.75) is 39.2 Å². The van der Waals surface area contributed by atoms with E-state index in [1.54, 1.807) is 7.05 Å². The van der Waals surface area contributed by atoms with Crippen LogP contribution in [0, 0.1) is 0 Å². The molecule has 0 radical (unpaired) electrons. The lowest BCUT2D eigenvalue weighted by Crippen LogP contribution is -2.42. The smallest absolute Gasteiger partial charge is 0.300 e. The van der Waals surface area contributed by atoms with Gasteiger partial charge in [0.2, 0.25) is 11.8 Å². The zero-order chi connectivity index (χ0) is 16.1. The summed E-state index contributed by atoms with van der Waals surface area (Å²) in [5.74, 6) is -0.792. The van der Waals surface area contributed by atoms with Gasteiger partial charge in [-0.25, -0.2) is 0 Å². The molecule has 20 heavy (non-hydrogen) atoms. The molecular weight excluding hydrogens is 266 g/mol. The van der Waals surface area contributed by atoms with Gasteiger partial charge in [0.1, 0.15) is 0 Å². The Morgan fingerprint density at radius 2 is 1.65 bits per heavy atom. The SMILES string of the molecule is CN(C)C(CCCCNC([13CH3])=O)C(=O)[15NH][13CH3].[13CH3]C(=O)O. The number of amides is 2. The summed E-state index contributed by atoms with van der Waals surface area (Å²) in [6.45, 7) is 3.27. The monoisotopic (exact) mass is 293 g/mol. The molecule has 2 amide bonds. The molecule has 0 fully saturated rings. The molecule has 0 aliphatic heterocycles. The van der Waals surface area contributed by atoms with Gasteiger partial charge in [-0.15, -0.1) is 0 Å². The van der Waals surface area contributed by atoms with Gasteiger partial charge in [-0.2, -0.15) is 0 Å². The van der Waals surface area contributed by atoms with Crippen molar-refractivity contribution in [3.05, 3.63) is 0 Å². The number of hydrogen-bond acceptors (Lipinski definition) is 4. The van der Waals surface area contributed by atoms with Crippen molar-refractivity contribution in [3.8, 4) is 0 Å². The first-order valence-electron chi connectivity index (χ1n) is 6.54. The fourth-order valence-electron chi connectivity index (χ4n) is 1.52. The van der Waals surface area contributed by atoms with Crippen molar-refractivity contribution in [2.24, 2.45) is 0 Å². The molecule has 0 aromatic heterocycles. The first kappa shape index (κ1) is 20.7. The molecular formula is C13H27N3O4. The molecule has 0 spiro atoms. The molecule has 0 aliphatic rings. The number of carboxylic acids is 1. The van der Waals surface area contributed by atoms with Gasteiger partial charge in [-0.05, 0) is 33.4 Å². The highest BCUT2D eigenvalue weighted by molar-refractivity contribution is 5.81. The van der Waals surface area contributed by atoms with Crippen LogP contribution in [0.25, 0.3) is 0 Å². The number of carbonyl (C=O) groups excluding carboxylic acids is 2. The first-order valence-corrected chi connectivity index (χ1v) is 6.54. The summed E-state index contributed by atoms with van der Waals surface area (Å²) in [5.41, 5.74) is 0. The molecule has 0 saturated carbocycles. The molecule has 0 heterocycles. The molecule has 0 saturated heterocycles. The molecule has 0 aromatic carbocycles. The van der Waals surface area contributed by atoms with E-state index in [2.05, 4.69) is 10.6 Å². The summed E-state index contributed by atoms with van der Waals surface area (Å²) in [5, 5.41) is 12.8. The number of nitrogens with zero attached hydrogens (tertiary/aromatic N) is 1. The number of likely N-dealkylation sites (N-methyl/N-ethyl adjacent to an activating group) is 2. The zero-order valence-corrected chi connectivity index (χ0v) is 13.0. The van der Waals surface area contributed by atoms with E-state index in [-0.39, 0.29) is 17.9 Å². The van der Waals surface area contributed by atoms with E-state index in [9.17, 15) is 9.59 Å². The first-order chi connectivity index (χ1) is 9.22. The maximum atomic E-state index is 11.5. The standard InChI is InChI=1S/C11H23N3O2.C2H4O2/c1-9(15)13-8-6-5-7-10(14(3)4)11(16)12-2;1-2(3)4/h10H,5-8H2,1-4H3,(H,12,16)(H,13,15);1H3,(H,3,4)/i1+1,2+1,12+1;1+1. The van der Waals surface area contributed by atoms with Crippen LogP contribution < -0.4 is 10.6 Å². The predicted molar refractivity (Wildman–Crippen MR) is 77.4 cm³/mol. The second-order valence-electron chi connectivity index (χ2n) is 4.59. The number of carbonyl (C=O) groups is 3. The third-order valence-electron chi connectivity index (χ3n) is 2.45. The Morgan fingerprint density at radius 3 is 2.00 bits per heavy atom. The molecule has 1 atom stereocenters. The fourth-order valence-corrected chi connectivity index (χ4v) is 1.52. The van der Waals surface area contributed by atoms with Crippen molar-refractivity contribution >= 4 is 17.8 Å². The van der Waals surface area contributed by atoms with E-state index in [0.717, 1.165) is 26.2 Å². The molecule has 3 N–H and O–H groups in total. The maximum absolute atomic E-state index is 11.5. The van der Waals surface area contributed by atoms with E-state index in [4.69, 9.17) is 9.90 Å². The summed E-state index contributed by atoms with van der Waals surface area (Å²) >= 11 is 0. The van der Waals surface area contributed by atoms with Crippen molar-refractivity contribution in [1.29, 1.82) is 0 Å². The van der Waals surface area contributed by atoms with Crippen LogP contribution in [0.5, 0.6) is 0 Å². The maximum Gasteiger partial charge on any atom is 0.300 e. The average molecular weight is 293 g/mol. The third-order valence-corrected chi connectivity index (χ3v) is 2.45. The highest BCUT2D eigenvalue weighted by Crippen LogP contribution is 2.05. The molecule has 1 unspecified atom stereocenters. The van der Waals surface area contributed by atoms with Crippen LogP contribution >= 0.6 is 0 Å². The van der Waals surface area contributed by atoms with E-state index in [1.165, 1.54) is 6.92 Å². The topological polar surface area (TPSA) is 98.7 Å². The number of hydrogen-bond donors (Lipinski definition) is 3. The minimum absolute atomic E-state index is 0.00420. The number of rotatable bonds is 7. The van der Waals surface area contributed by atoms with Gasteiger partial charge in [0, 0.05) is 27.4 Å². The zero-order valence-electron chi connectivity index (χ0n) is 13.0. The van der Waals surface area contributed by atoms with Crippen LogP contribution in [0.15, 0.2) is 0 Å². The number of carboxylic acid groups (broad SMARTS) is 1. The second-order valence-corrected chi connectivity index (χ2v) is 4.59. The summed E-state index contributed by atoms with van der Waals surface area (Å²) in [4.78, 5) is 33.0. The third kappa shape index (κ3) is 14.4. The highest BCUT2D eigenvalue weighted by atomic mass is 16.4. The van der Waals surface area contributed by atoms with Gasteiger partial charge in [-0.1, -0.05) is 0 Å². The molecule has 0 bridgehead atoms. The Hall–Kier alpha value is -1.63. The van der Waals surface area contributed by atoms with Gasteiger partial charge >= 0.3 is 0 Å². The Kier molecular flexibility index (Phi) is 12.8. The van der Waals surface area contributed by atoms with Crippen molar-refractivity contribution in [1.82, 2.24) is 15.5 Å². The number of aliphatic carboxylic acids is 1. The van der Waals surface area contributed by atoms with Crippen LogP contribution in [0.3, 0.4) is 0 Å². The normalized spacial score (nSPS) is 11.1. The molecule has 0 aromatic rings. The Bertz CT molecular complexity index is 302. The minimum atomic E-state index is -0.833. The van der Waals surface area contributed by atoms with Gasteiger partial charge in [0.15, 0.2) is 0 Å². The second kappa shape index (κ2) is 12.4. The minimum Gasteiger partial charge on any atom is -0.481 e. The predicted octanol–water partition coefficient (Wildman–Crippen LogP) is 0.0599. The van der Waals surface area contributed by atoms with E-state index >= 15 is 0 Å². The fraction of sp³-hybridized carbons (Fsp3) is 0.769. The van der Waals surface area contributed by atoms with Crippen LogP contribution in [0.2, 0.25) is 0 Å². The summed E-state index contributed by atoms with van der Waals surface area (Å²) in [6, 6.07) is -0.0812. The van der Waals surface area contributed by atoms with Crippen LogP contribution in [0.4, 0.5) is 0 Å². The lowest BCUT2D eigenvalue weighted by atomic mass is 10.1. The van der Waals surface area contributed by atoms with Crippen molar-refractivity contribution in [2.75, 3.05) is 27.7 Å². The van der Waals surface area contributed by atoms with Crippen molar-refractivity contribution in [3.63, 3.8) is 0 Å². The van der Waals surface area contributed by atoms with Gasteiger partial charge in [-0.3, -0.25) is 19.3 Å². The van der Waals surface area contributed by atoms with Crippen LogP contribution in [-0.4, -0.2) is 61.5 Å². The average Bonchev–Trinajstić information content (AvgIpc) is 2.31. The summed E-state index contributed by atoms with van der Waals surface area (Å²) < 4.78 is 0. The molecule has 0 aliphatic carbocycles. The molecule has 118 valence electrons. The highest BCUT2D eigenvalue weighted by Gasteiger charge is 2.18. The van der Waals surface area contributed by atoms with Crippen LogP contribution in [0.1, 0.15) is 33.1 Å². The lowest BCUT2D eigenvalue weighted by molar-refractivity contribution is -0.134. The lowest BCUT2D eigenvalue weighted by Gasteiger charge is -2.22. The quantitative estimate of drug-likeness (QED) is 0.350. The van der Waals surface area contributed by atoms with Gasteiger partial charge in [0.05, 0.1) is 6.04 Å². The van der Waals surface area contributed by atoms with E-state index < -0.39 is 5.97 Å². The molecule has 0 rings (SSSR count). The molecule has 7 nitrogen and oxygen atoms in total. The Morgan fingerprint density at radius 1 is 1.15 bits per heavy atom. The Balaban J connectivity index is 0. The van der Waals surface area contributed by atoms with E-state index in [0.29, 0.717) is 6.54 Å². The van der Waals surface area contributed by atoms with E-state index in [1.807, 2.05) is 19.0 Å². The number of nitrogens with one attached hydrogen (secondary N) is 2. The van der Waals surface area contributed by atoms with Gasteiger partial charge in [0.25, 0.3) is 5.97 Å². The van der Waals surface area contributed by atoms with Crippen LogP contribution in [-0.2, 0) is 14.4 Å². The summed E-state index contributed by atoms with van der Waals surface area (Å²) in [7, 11) is 5.44. The Labute approximate surface area is 120 Å². The van der Waals surface area contributed by atoms with Gasteiger partial charge < -0.3 is 15.7 Å². The largest absolute Gasteiger partial charge is 0.481 e. The number of unbranched alkanes of at least 4 members (excludes halogenated alkanes) is 1. The molecule has 7 heteroatoms.